The van der Waals surface area contributed by atoms with Gasteiger partial charge in [-0.3, -0.25) is 4.79 Å². The molecule has 1 rings (SSSR count). The summed E-state index contributed by atoms with van der Waals surface area (Å²) in [4.78, 5) is 11.6. The molecule has 1 atom stereocenters. The normalized spacial score (nSPS) is 26.2. The summed E-state index contributed by atoms with van der Waals surface area (Å²) in [5, 5.41) is 15.4. The zero-order chi connectivity index (χ0) is 12.7. The van der Waals surface area contributed by atoms with Crippen LogP contribution in [0.3, 0.4) is 0 Å². The molecule has 98 valence electrons. The van der Waals surface area contributed by atoms with E-state index in [1.807, 2.05) is 6.92 Å². The highest BCUT2D eigenvalue weighted by Crippen LogP contribution is 2.23. The van der Waals surface area contributed by atoms with Crippen LogP contribution in [-0.2, 0) is 4.79 Å². The van der Waals surface area contributed by atoms with Crippen LogP contribution in [0, 0.1) is 5.92 Å². The van der Waals surface area contributed by atoms with Crippen LogP contribution in [0.2, 0.25) is 0 Å². The number of amides is 1. The topological polar surface area (TPSA) is 61.4 Å². The van der Waals surface area contributed by atoms with Crippen molar-refractivity contribution in [3.63, 3.8) is 0 Å². The van der Waals surface area contributed by atoms with E-state index in [4.69, 9.17) is 0 Å². The minimum atomic E-state index is -0.165. The zero-order valence-corrected chi connectivity index (χ0v) is 10.6. The molecule has 0 radical (unpaired) electrons. The summed E-state index contributed by atoms with van der Waals surface area (Å²) >= 11 is 0. The molecule has 0 aromatic heterocycles. The summed E-state index contributed by atoms with van der Waals surface area (Å²) in [6.45, 7) is 6.80. The molecule has 1 amide bonds. The van der Waals surface area contributed by atoms with Gasteiger partial charge in [0.2, 0.25) is 5.91 Å². The van der Waals surface area contributed by atoms with E-state index in [-0.39, 0.29) is 18.1 Å². The molecule has 4 heteroatoms. The van der Waals surface area contributed by atoms with E-state index in [2.05, 4.69) is 17.2 Å². The second-order valence-electron chi connectivity index (χ2n) is 4.84. The van der Waals surface area contributed by atoms with Gasteiger partial charge in [-0.05, 0) is 45.1 Å². The fourth-order valence-electron chi connectivity index (χ4n) is 2.11. The Labute approximate surface area is 103 Å². The molecule has 1 fully saturated rings. The predicted molar refractivity (Wildman–Crippen MR) is 68.6 cm³/mol. The lowest BCUT2D eigenvalue weighted by Gasteiger charge is -2.26. The van der Waals surface area contributed by atoms with Crippen LogP contribution < -0.4 is 10.6 Å². The van der Waals surface area contributed by atoms with Crippen LogP contribution in [0.15, 0.2) is 12.7 Å². The largest absolute Gasteiger partial charge is 0.393 e. The second-order valence-corrected chi connectivity index (χ2v) is 4.84. The van der Waals surface area contributed by atoms with E-state index in [1.165, 1.54) is 0 Å². The summed E-state index contributed by atoms with van der Waals surface area (Å²) < 4.78 is 0. The third-order valence-corrected chi connectivity index (χ3v) is 3.34. The van der Waals surface area contributed by atoms with Gasteiger partial charge < -0.3 is 15.7 Å². The summed E-state index contributed by atoms with van der Waals surface area (Å²) in [5.41, 5.74) is 0. The molecular formula is C13H24N2O2. The highest BCUT2D eigenvalue weighted by atomic mass is 16.3. The van der Waals surface area contributed by atoms with Gasteiger partial charge in [0.25, 0.3) is 0 Å². The van der Waals surface area contributed by atoms with Crippen LogP contribution in [-0.4, -0.2) is 36.2 Å². The Balaban J connectivity index is 2.16. The molecule has 0 spiro atoms. The van der Waals surface area contributed by atoms with Crippen LogP contribution >= 0.6 is 0 Å². The standard InChI is InChI=1S/C13H24N2O2/c1-3-8-14-13(17)10(2)15-9-11-4-6-12(16)7-5-11/h3,10-12,15-16H,1,4-9H2,2H3,(H,14,17). The molecule has 1 aliphatic rings. The van der Waals surface area contributed by atoms with E-state index in [0.717, 1.165) is 32.2 Å². The van der Waals surface area contributed by atoms with E-state index in [9.17, 15) is 9.90 Å². The third kappa shape index (κ3) is 5.33. The number of aliphatic hydroxyl groups excluding tert-OH is 1. The molecule has 1 unspecified atom stereocenters. The number of aliphatic hydroxyl groups is 1. The Morgan fingerprint density at radius 1 is 1.47 bits per heavy atom. The Kier molecular flexibility index (Phi) is 6.22. The average molecular weight is 240 g/mol. The maximum Gasteiger partial charge on any atom is 0.237 e. The fourth-order valence-corrected chi connectivity index (χ4v) is 2.11. The molecule has 0 aromatic rings. The van der Waals surface area contributed by atoms with Crippen LogP contribution in [0.4, 0.5) is 0 Å². The summed E-state index contributed by atoms with van der Waals surface area (Å²) in [6, 6.07) is -0.165. The molecule has 17 heavy (non-hydrogen) atoms. The van der Waals surface area contributed by atoms with Gasteiger partial charge in [-0.1, -0.05) is 6.08 Å². The Morgan fingerprint density at radius 3 is 2.71 bits per heavy atom. The molecular weight excluding hydrogens is 216 g/mol. The van der Waals surface area contributed by atoms with Crippen molar-refractivity contribution in [3.05, 3.63) is 12.7 Å². The van der Waals surface area contributed by atoms with Gasteiger partial charge in [0, 0.05) is 6.54 Å². The first-order valence-electron chi connectivity index (χ1n) is 6.43. The zero-order valence-electron chi connectivity index (χ0n) is 10.6. The highest BCUT2D eigenvalue weighted by molar-refractivity contribution is 5.81. The van der Waals surface area contributed by atoms with Crippen molar-refractivity contribution in [3.8, 4) is 0 Å². The Bertz CT molecular complexity index is 248. The third-order valence-electron chi connectivity index (χ3n) is 3.34. The van der Waals surface area contributed by atoms with Gasteiger partial charge in [-0.2, -0.15) is 0 Å². The maximum absolute atomic E-state index is 11.6. The predicted octanol–water partition coefficient (Wildman–Crippen LogP) is 0.818. The van der Waals surface area contributed by atoms with E-state index in [1.54, 1.807) is 6.08 Å². The summed E-state index contributed by atoms with van der Waals surface area (Å²) in [5.74, 6) is 0.605. The molecule has 0 aliphatic heterocycles. The van der Waals surface area contributed by atoms with Crippen molar-refractivity contribution in [2.45, 2.75) is 44.8 Å². The minimum Gasteiger partial charge on any atom is -0.393 e. The molecule has 0 aromatic carbocycles. The van der Waals surface area contributed by atoms with Gasteiger partial charge >= 0.3 is 0 Å². The van der Waals surface area contributed by atoms with Crippen molar-refractivity contribution >= 4 is 5.91 Å². The smallest absolute Gasteiger partial charge is 0.237 e. The fraction of sp³-hybridized carbons (Fsp3) is 0.769. The average Bonchev–Trinajstić information content (AvgIpc) is 2.34. The number of nitrogens with one attached hydrogen (secondary N) is 2. The van der Waals surface area contributed by atoms with Gasteiger partial charge in [0.1, 0.15) is 0 Å². The molecule has 0 saturated heterocycles. The first kappa shape index (κ1) is 14.2. The number of hydrogen-bond donors (Lipinski definition) is 3. The quantitative estimate of drug-likeness (QED) is 0.602. The molecule has 0 heterocycles. The number of carbonyl (C=O) groups is 1. The van der Waals surface area contributed by atoms with Crippen LogP contribution in [0.25, 0.3) is 0 Å². The molecule has 1 saturated carbocycles. The molecule has 4 nitrogen and oxygen atoms in total. The van der Waals surface area contributed by atoms with Gasteiger partial charge in [-0.15, -0.1) is 6.58 Å². The molecule has 1 aliphatic carbocycles. The van der Waals surface area contributed by atoms with E-state index in [0.29, 0.717) is 12.5 Å². The SMILES string of the molecule is C=CCNC(=O)C(C)NCC1CCC(O)CC1. The first-order valence-corrected chi connectivity index (χ1v) is 6.43. The number of carbonyl (C=O) groups excluding carboxylic acids is 1. The monoisotopic (exact) mass is 240 g/mol. The minimum absolute atomic E-state index is 0.0146. The van der Waals surface area contributed by atoms with Gasteiger partial charge in [0.15, 0.2) is 0 Å². The maximum atomic E-state index is 11.6. The van der Waals surface area contributed by atoms with Crippen molar-refractivity contribution in [2.75, 3.05) is 13.1 Å². The number of rotatable bonds is 6. The lowest BCUT2D eigenvalue weighted by molar-refractivity contribution is -0.122. The first-order chi connectivity index (χ1) is 8.13. The lowest BCUT2D eigenvalue weighted by atomic mass is 9.87. The molecule has 0 bridgehead atoms. The van der Waals surface area contributed by atoms with Crippen LogP contribution in [0.1, 0.15) is 32.6 Å². The van der Waals surface area contributed by atoms with E-state index < -0.39 is 0 Å². The summed E-state index contributed by atoms with van der Waals surface area (Å²) in [7, 11) is 0. The van der Waals surface area contributed by atoms with Crippen molar-refractivity contribution in [1.29, 1.82) is 0 Å². The van der Waals surface area contributed by atoms with Crippen molar-refractivity contribution < 1.29 is 9.90 Å². The second kappa shape index (κ2) is 7.45. The Hall–Kier alpha value is -0.870. The van der Waals surface area contributed by atoms with Crippen molar-refractivity contribution in [2.24, 2.45) is 5.92 Å². The Morgan fingerprint density at radius 2 is 2.12 bits per heavy atom. The molecule has 3 N–H and O–H groups in total. The highest BCUT2D eigenvalue weighted by Gasteiger charge is 2.20. The number of hydrogen-bond acceptors (Lipinski definition) is 3. The van der Waals surface area contributed by atoms with Crippen LogP contribution in [0.5, 0.6) is 0 Å². The van der Waals surface area contributed by atoms with Gasteiger partial charge in [-0.25, -0.2) is 0 Å². The van der Waals surface area contributed by atoms with E-state index >= 15 is 0 Å². The summed E-state index contributed by atoms with van der Waals surface area (Å²) in [6.07, 6.45) is 5.45. The lowest BCUT2D eigenvalue weighted by Crippen LogP contribution is -2.44. The van der Waals surface area contributed by atoms with Crippen molar-refractivity contribution in [1.82, 2.24) is 10.6 Å². The van der Waals surface area contributed by atoms with Gasteiger partial charge in [0.05, 0.1) is 12.1 Å².